The summed E-state index contributed by atoms with van der Waals surface area (Å²) in [7, 11) is 0. The summed E-state index contributed by atoms with van der Waals surface area (Å²) < 4.78 is 11.4. The molecule has 1 heterocycles. The summed E-state index contributed by atoms with van der Waals surface area (Å²) in [5, 5.41) is 12.8. The Morgan fingerprint density at radius 1 is 1.37 bits per heavy atom. The number of benzene rings is 1. The lowest BCUT2D eigenvalue weighted by atomic mass is 10.1. The van der Waals surface area contributed by atoms with Crippen LogP contribution in [0.25, 0.3) is 11.0 Å². The number of nitrogens with zero attached hydrogens (tertiary/aromatic N) is 1. The molecule has 0 aliphatic heterocycles. The number of amidine groups is 1. The number of hydrogen-bond donors (Lipinski definition) is 2. The van der Waals surface area contributed by atoms with E-state index >= 15 is 0 Å². The average Bonchev–Trinajstić information content (AvgIpc) is 2.63. The predicted octanol–water partition coefficient (Wildman–Crippen LogP) is 2.95. The van der Waals surface area contributed by atoms with Gasteiger partial charge in [0.05, 0.1) is 0 Å². The van der Waals surface area contributed by atoms with Gasteiger partial charge < -0.3 is 20.1 Å². The molecular formula is C14H18N2O3. The van der Waals surface area contributed by atoms with Crippen molar-refractivity contribution in [1.82, 2.24) is 0 Å². The van der Waals surface area contributed by atoms with Crippen LogP contribution in [0.15, 0.2) is 27.8 Å². The monoisotopic (exact) mass is 262 g/mol. The smallest absolute Gasteiger partial charge is 0.182 e. The minimum absolute atomic E-state index is 0.0133. The van der Waals surface area contributed by atoms with E-state index in [-0.39, 0.29) is 5.84 Å². The van der Waals surface area contributed by atoms with Crippen molar-refractivity contribution in [2.45, 2.75) is 33.3 Å². The molecule has 0 saturated carbocycles. The second kappa shape index (κ2) is 4.50. The Morgan fingerprint density at radius 3 is 2.68 bits per heavy atom. The largest absolute Gasteiger partial charge is 0.480 e. The van der Waals surface area contributed by atoms with Gasteiger partial charge >= 0.3 is 0 Å². The van der Waals surface area contributed by atoms with E-state index < -0.39 is 5.60 Å². The molecule has 0 aliphatic rings. The van der Waals surface area contributed by atoms with Crippen molar-refractivity contribution in [2.24, 2.45) is 10.9 Å². The lowest BCUT2D eigenvalue weighted by Gasteiger charge is -2.24. The van der Waals surface area contributed by atoms with Gasteiger partial charge in [0.15, 0.2) is 11.4 Å². The van der Waals surface area contributed by atoms with Gasteiger partial charge in [-0.05, 0) is 45.4 Å². The van der Waals surface area contributed by atoms with Gasteiger partial charge in [0.1, 0.15) is 17.1 Å². The van der Waals surface area contributed by atoms with Gasteiger partial charge in [0.2, 0.25) is 0 Å². The van der Waals surface area contributed by atoms with Gasteiger partial charge in [-0.25, -0.2) is 0 Å². The topological polar surface area (TPSA) is 81.0 Å². The number of nitrogens with two attached hydrogens (primary N) is 1. The maximum absolute atomic E-state index is 8.72. The first-order chi connectivity index (χ1) is 8.85. The van der Waals surface area contributed by atoms with E-state index in [1.54, 1.807) is 13.8 Å². The Bertz CT molecular complexity index is 641. The third-order valence-corrected chi connectivity index (χ3v) is 3.25. The van der Waals surface area contributed by atoms with E-state index in [1.807, 2.05) is 32.0 Å². The minimum atomic E-state index is -0.890. The van der Waals surface area contributed by atoms with Crippen LogP contribution in [0.4, 0.5) is 0 Å². The van der Waals surface area contributed by atoms with E-state index in [1.165, 1.54) is 0 Å². The van der Waals surface area contributed by atoms with Gasteiger partial charge in [-0.3, -0.25) is 0 Å². The highest BCUT2D eigenvalue weighted by Crippen LogP contribution is 2.29. The van der Waals surface area contributed by atoms with Crippen LogP contribution < -0.4 is 10.5 Å². The molecule has 2 aromatic rings. The van der Waals surface area contributed by atoms with Gasteiger partial charge in [-0.2, -0.15) is 0 Å². The summed E-state index contributed by atoms with van der Waals surface area (Å²) in [6, 6.07) is 5.59. The van der Waals surface area contributed by atoms with Crippen molar-refractivity contribution < 1.29 is 14.4 Å². The first kappa shape index (κ1) is 13.3. The molecule has 1 aromatic heterocycles. The predicted molar refractivity (Wildman–Crippen MR) is 73.8 cm³/mol. The SMILES string of the molecule is Cc1oc2cc(OC(C)(C)C(N)=NO)ccc2c1C. The van der Waals surface area contributed by atoms with E-state index in [0.29, 0.717) is 5.75 Å². The van der Waals surface area contributed by atoms with Crippen LogP contribution in [0.2, 0.25) is 0 Å². The number of ether oxygens (including phenoxy) is 1. The van der Waals surface area contributed by atoms with Crippen LogP contribution in [0.3, 0.4) is 0 Å². The lowest BCUT2D eigenvalue weighted by molar-refractivity contribution is 0.173. The van der Waals surface area contributed by atoms with E-state index in [4.69, 9.17) is 20.1 Å². The molecule has 3 N–H and O–H groups in total. The van der Waals surface area contributed by atoms with Crippen molar-refractivity contribution in [3.63, 3.8) is 0 Å². The molecule has 5 heteroatoms. The number of aryl methyl sites for hydroxylation is 2. The molecule has 19 heavy (non-hydrogen) atoms. The molecule has 0 saturated heterocycles. The lowest BCUT2D eigenvalue weighted by Crippen LogP contribution is -2.43. The summed E-state index contributed by atoms with van der Waals surface area (Å²) >= 11 is 0. The molecule has 0 bridgehead atoms. The number of furan rings is 1. The van der Waals surface area contributed by atoms with E-state index in [2.05, 4.69) is 5.16 Å². The fraction of sp³-hybridized carbons (Fsp3) is 0.357. The molecule has 2 rings (SSSR count). The van der Waals surface area contributed by atoms with E-state index in [0.717, 1.165) is 22.3 Å². The molecule has 1 aromatic carbocycles. The maximum atomic E-state index is 8.72. The first-order valence-corrected chi connectivity index (χ1v) is 6.02. The molecule has 0 amide bonds. The minimum Gasteiger partial charge on any atom is -0.480 e. The molecule has 5 nitrogen and oxygen atoms in total. The van der Waals surface area contributed by atoms with Gasteiger partial charge in [0, 0.05) is 11.5 Å². The van der Waals surface area contributed by atoms with Crippen molar-refractivity contribution in [3.05, 3.63) is 29.5 Å². The van der Waals surface area contributed by atoms with Crippen LogP contribution >= 0.6 is 0 Å². The summed E-state index contributed by atoms with van der Waals surface area (Å²) in [4.78, 5) is 0. The van der Waals surface area contributed by atoms with Crippen LogP contribution in [0.5, 0.6) is 5.75 Å². The number of hydrogen-bond acceptors (Lipinski definition) is 4. The fourth-order valence-corrected chi connectivity index (χ4v) is 1.86. The van der Waals surface area contributed by atoms with Crippen molar-refractivity contribution in [1.29, 1.82) is 0 Å². The molecular weight excluding hydrogens is 244 g/mol. The van der Waals surface area contributed by atoms with Gasteiger partial charge in [-0.1, -0.05) is 5.16 Å². The van der Waals surface area contributed by atoms with Crippen molar-refractivity contribution in [3.8, 4) is 5.75 Å². The summed E-state index contributed by atoms with van der Waals surface area (Å²) in [5.74, 6) is 1.51. The van der Waals surface area contributed by atoms with Crippen LogP contribution in [0, 0.1) is 13.8 Å². The Hall–Kier alpha value is -2.17. The zero-order valence-corrected chi connectivity index (χ0v) is 11.5. The second-order valence-electron chi connectivity index (χ2n) is 5.04. The molecule has 0 aliphatic carbocycles. The Morgan fingerprint density at radius 2 is 2.05 bits per heavy atom. The van der Waals surface area contributed by atoms with Crippen LogP contribution in [-0.2, 0) is 0 Å². The zero-order chi connectivity index (χ0) is 14.2. The Balaban J connectivity index is 2.37. The molecule has 0 spiro atoms. The third kappa shape index (κ3) is 2.36. The molecule has 0 radical (unpaired) electrons. The molecule has 0 fully saturated rings. The average molecular weight is 262 g/mol. The number of rotatable bonds is 3. The number of oxime groups is 1. The maximum Gasteiger partial charge on any atom is 0.182 e. The Labute approximate surface area is 111 Å². The number of fused-ring (bicyclic) bond motifs is 1. The van der Waals surface area contributed by atoms with Crippen LogP contribution in [-0.4, -0.2) is 16.6 Å². The Kier molecular flexibility index (Phi) is 3.14. The quantitative estimate of drug-likeness (QED) is 0.385. The molecule has 0 atom stereocenters. The zero-order valence-electron chi connectivity index (χ0n) is 11.5. The molecule has 102 valence electrons. The third-order valence-electron chi connectivity index (χ3n) is 3.25. The normalized spacial score (nSPS) is 12.9. The summed E-state index contributed by atoms with van der Waals surface area (Å²) in [6.45, 7) is 7.40. The highest BCUT2D eigenvalue weighted by Gasteiger charge is 2.26. The highest BCUT2D eigenvalue weighted by molar-refractivity contribution is 5.88. The van der Waals surface area contributed by atoms with Crippen LogP contribution in [0.1, 0.15) is 25.2 Å². The second-order valence-corrected chi connectivity index (χ2v) is 5.04. The first-order valence-electron chi connectivity index (χ1n) is 6.02. The van der Waals surface area contributed by atoms with E-state index in [9.17, 15) is 0 Å². The van der Waals surface area contributed by atoms with Crippen molar-refractivity contribution in [2.75, 3.05) is 0 Å². The summed E-state index contributed by atoms with van der Waals surface area (Å²) in [5.41, 5.74) is 6.59. The fourth-order valence-electron chi connectivity index (χ4n) is 1.86. The molecule has 0 unspecified atom stereocenters. The van der Waals surface area contributed by atoms with Gasteiger partial charge in [0.25, 0.3) is 0 Å². The van der Waals surface area contributed by atoms with Crippen molar-refractivity contribution >= 4 is 16.8 Å². The van der Waals surface area contributed by atoms with Gasteiger partial charge in [-0.15, -0.1) is 0 Å². The summed E-state index contributed by atoms with van der Waals surface area (Å²) in [6.07, 6.45) is 0. The highest BCUT2D eigenvalue weighted by atomic mass is 16.5. The standard InChI is InChI=1S/C14H18N2O3/c1-8-9(2)18-12-7-10(5-6-11(8)12)19-14(3,4)13(15)16-17/h5-7,17H,1-4H3,(H2,15,16).